The zero-order chi connectivity index (χ0) is 17.7. The van der Waals surface area contributed by atoms with Crippen molar-refractivity contribution < 1.29 is 9.18 Å². The van der Waals surface area contributed by atoms with E-state index in [9.17, 15) is 9.18 Å². The maximum atomic E-state index is 13.7. The second-order valence-electron chi connectivity index (χ2n) is 5.99. The summed E-state index contributed by atoms with van der Waals surface area (Å²) in [7, 11) is 3.58. The second-order valence-corrected chi connectivity index (χ2v) is 6.42. The molecule has 128 valence electrons. The molecule has 2 rings (SSSR count). The number of amides is 1. The minimum atomic E-state index is -0.294. The van der Waals surface area contributed by atoms with Crippen LogP contribution in [0.4, 0.5) is 4.39 Å². The molecule has 0 fully saturated rings. The van der Waals surface area contributed by atoms with Gasteiger partial charge in [0.15, 0.2) is 0 Å². The highest BCUT2D eigenvalue weighted by molar-refractivity contribution is 6.30. The average Bonchev–Trinajstić information content (AvgIpc) is 2.56. The Kier molecular flexibility index (Phi) is 6.35. The van der Waals surface area contributed by atoms with Gasteiger partial charge in [0, 0.05) is 30.2 Å². The normalized spacial score (nSPS) is 12.2. The summed E-state index contributed by atoms with van der Waals surface area (Å²) in [6.07, 6.45) is 0. The summed E-state index contributed by atoms with van der Waals surface area (Å²) in [6, 6.07) is 14.2. The quantitative estimate of drug-likeness (QED) is 0.783. The van der Waals surface area contributed by atoms with Gasteiger partial charge in [-0.05, 0) is 37.7 Å². The summed E-state index contributed by atoms with van der Waals surface area (Å²) in [5, 5.41) is 0.677. The van der Waals surface area contributed by atoms with E-state index in [4.69, 9.17) is 11.6 Å². The van der Waals surface area contributed by atoms with E-state index in [2.05, 4.69) is 0 Å². The third kappa shape index (κ3) is 4.79. The van der Waals surface area contributed by atoms with E-state index in [0.29, 0.717) is 10.6 Å². The SMILES string of the molecule is CC(c1cccc(Cl)c1)N(C)CC(=O)N(C)Cc1ccccc1F. The number of nitrogens with zero attached hydrogens (tertiary/aromatic N) is 2. The van der Waals surface area contributed by atoms with Gasteiger partial charge < -0.3 is 4.90 Å². The highest BCUT2D eigenvalue weighted by atomic mass is 35.5. The summed E-state index contributed by atoms with van der Waals surface area (Å²) in [6.45, 7) is 2.53. The van der Waals surface area contributed by atoms with Crippen molar-refractivity contribution in [1.82, 2.24) is 9.80 Å². The lowest BCUT2D eigenvalue weighted by molar-refractivity contribution is -0.131. The number of hydrogen-bond donors (Lipinski definition) is 0. The molecular weight excluding hydrogens is 327 g/mol. The van der Waals surface area contributed by atoms with Crippen LogP contribution < -0.4 is 0 Å². The highest BCUT2D eigenvalue weighted by Crippen LogP contribution is 2.21. The van der Waals surface area contributed by atoms with Gasteiger partial charge in [-0.25, -0.2) is 4.39 Å². The lowest BCUT2D eigenvalue weighted by atomic mass is 10.1. The van der Waals surface area contributed by atoms with Crippen LogP contribution in [0.1, 0.15) is 24.1 Å². The summed E-state index contributed by atoms with van der Waals surface area (Å²) in [5.41, 5.74) is 1.56. The molecule has 0 saturated carbocycles. The van der Waals surface area contributed by atoms with Gasteiger partial charge in [-0.15, -0.1) is 0 Å². The third-order valence-corrected chi connectivity index (χ3v) is 4.40. The molecule has 1 amide bonds. The molecule has 2 aromatic rings. The van der Waals surface area contributed by atoms with Crippen LogP contribution in [0, 0.1) is 5.82 Å². The van der Waals surface area contributed by atoms with E-state index in [1.807, 2.05) is 43.1 Å². The Morgan fingerprint density at radius 2 is 1.88 bits per heavy atom. The fourth-order valence-corrected chi connectivity index (χ4v) is 2.66. The molecule has 0 radical (unpaired) electrons. The van der Waals surface area contributed by atoms with Crippen molar-refractivity contribution in [1.29, 1.82) is 0 Å². The van der Waals surface area contributed by atoms with Crippen molar-refractivity contribution in [2.24, 2.45) is 0 Å². The standard InChI is InChI=1S/C19H22ClFN2O/c1-14(15-8-6-9-17(20)11-15)22(2)13-19(24)23(3)12-16-7-4-5-10-18(16)21/h4-11,14H,12-13H2,1-3H3. The number of likely N-dealkylation sites (N-methyl/N-ethyl adjacent to an activating group) is 2. The molecule has 0 N–H and O–H groups in total. The number of carbonyl (C=O) groups is 1. The van der Waals surface area contributed by atoms with E-state index >= 15 is 0 Å². The first-order valence-corrected chi connectivity index (χ1v) is 8.19. The topological polar surface area (TPSA) is 23.6 Å². The molecule has 24 heavy (non-hydrogen) atoms. The summed E-state index contributed by atoms with van der Waals surface area (Å²) < 4.78 is 13.7. The predicted octanol–water partition coefficient (Wildman–Crippen LogP) is 4.13. The van der Waals surface area contributed by atoms with Crippen molar-refractivity contribution in [3.63, 3.8) is 0 Å². The van der Waals surface area contributed by atoms with Gasteiger partial charge in [0.2, 0.25) is 5.91 Å². The minimum absolute atomic E-state index is 0.0505. The zero-order valence-electron chi connectivity index (χ0n) is 14.2. The second kappa shape index (κ2) is 8.27. The molecule has 1 atom stereocenters. The molecule has 0 spiro atoms. The molecule has 3 nitrogen and oxygen atoms in total. The van der Waals surface area contributed by atoms with Crippen LogP contribution in [0.5, 0.6) is 0 Å². The maximum absolute atomic E-state index is 13.7. The molecule has 1 unspecified atom stereocenters. The van der Waals surface area contributed by atoms with E-state index in [-0.39, 0.29) is 30.9 Å². The number of hydrogen-bond acceptors (Lipinski definition) is 2. The Hall–Kier alpha value is -1.91. The first kappa shape index (κ1) is 18.4. The van der Waals surface area contributed by atoms with Crippen molar-refractivity contribution in [3.8, 4) is 0 Å². The summed E-state index contributed by atoms with van der Waals surface area (Å²) in [4.78, 5) is 15.9. The smallest absolute Gasteiger partial charge is 0.236 e. The predicted molar refractivity (Wildman–Crippen MR) is 95.4 cm³/mol. The van der Waals surface area contributed by atoms with Crippen LogP contribution in [0.25, 0.3) is 0 Å². The van der Waals surface area contributed by atoms with Crippen molar-refractivity contribution in [2.45, 2.75) is 19.5 Å². The van der Waals surface area contributed by atoms with Crippen molar-refractivity contribution >= 4 is 17.5 Å². The first-order chi connectivity index (χ1) is 11.4. The van der Waals surface area contributed by atoms with Crippen LogP contribution in [-0.2, 0) is 11.3 Å². The van der Waals surface area contributed by atoms with Crippen molar-refractivity contribution in [2.75, 3.05) is 20.6 Å². The van der Waals surface area contributed by atoms with E-state index < -0.39 is 0 Å². The Balaban J connectivity index is 1.96. The Labute approximate surface area is 147 Å². The molecule has 0 aromatic heterocycles. The van der Waals surface area contributed by atoms with E-state index in [0.717, 1.165) is 5.56 Å². The zero-order valence-corrected chi connectivity index (χ0v) is 14.9. The average molecular weight is 349 g/mol. The van der Waals surface area contributed by atoms with Gasteiger partial charge in [0.25, 0.3) is 0 Å². The maximum Gasteiger partial charge on any atom is 0.236 e. The highest BCUT2D eigenvalue weighted by Gasteiger charge is 2.18. The van der Waals surface area contributed by atoms with E-state index in [1.165, 1.54) is 6.07 Å². The molecule has 0 aliphatic carbocycles. The number of halogens is 2. The van der Waals surface area contributed by atoms with Crippen LogP contribution in [0.15, 0.2) is 48.5 Å². The fraction of sp³-hybridized carbons (Fsp3) is 0.316. The fourth-order valence-electron chi connectivity index (χ4n) is 2.46. The van der Waals surface area contributed by atoms with Crippen LogP contribution in [-0.4, -0.2) is 36.3 Å². The Bertz CT molecular complexity index is 707. The third-order valence-electron chi connectivity index (χ3n) is 4.17. The van der Waals surface area contributed by atoms with Crippen LogP contribution in [0.3, 0.4) is 0 Å². The molecule has 0 aliphatic heterocycles. The molecule has 0 heterocycles. The Morgan fingerprint density at radius 1 is 1.17 bits per heavy atom. The van der Waals surface area contributed by atoms with Gasteiger partial charge in [0.05, 0.1) is 6.54 Å². The number of benzene rings is 2. The van der Waals surface area contributed by atoms with Crippen molar-refractivity contribution in [3.05, 3.63) is 70.5 Å². The molecule has 2 aromatic carbocycles. The van der Waals surface area contributed by atoms with Gasteiger partial charge >= 0.3 is 0 Å². The lowest BCUT2D eigenvalue weighted by Gasteiger charge is -2.27. The van der Waals surface area contributed by atoms with E-state index in [1.54, 1.807) is 30.1 Å². The van der Waals surface area contributed by atoms with Crippen LogP contribution >= 0.6 is 11.6 Å². The Morgan fingerprint density at radius 3 is 2.54 bits per heavy atom. The molecular formula is C19H22ClFN2O. The molecule has 0 aliphatic rings. The largest absolute Gasteiger partial charge is 0.340 e. The molecule has 0 saturated heterocycles. The number of rotatable bonds is 6. The van der Waals surface area contributed by atoms with Crippen LogP contribution in [0.2, 0.25) is 5.02 Å². The van der Waals surface area contributed by atoms with Gasteiger partial charge in [0.1, 0.15) is 5.82 Å². The van der Waals surface area contributed by atoms with Gasteiger partial charge in [-0.2, -0.15) is 0 Å². The number of carbonyl (C=O) groups excluding carboxylic acids is 1. The molecule has 0 bridgehead atoms. The monoisotopic (exact) mass is 348 g/mol. The summed E-state index contributed by atoms with van der Waals surface area (Å²) in [5.74, 6) is -0.354. The summed E-state index contributed by atoms with van der Waals surface area (Å²) >= 11 is 6.03. The molecule has 5 heteroatoms. The lowest BCUT2D eigenvalue weighted by Crippen LogP contribution is -2.37. The minimum Gasteiger partial charge on any atom is -0.340 e. The van der Waals surface area contributed by atoms with Gasteiger partial charge in [-0.1, -0.05) is 41.9 Å². The first-order valence-electron chi connectivity index (χ1n) is 7.81. The van der Waals surface area contributed by atoms with Gasteiger partial charge in [-0.3, -0.25) is 9.69 Å².